The Bertz CT molecular complexity index is 711. The van der Waals surface area contributed by atoms with E-state index >= 15 is 0 Å². The second kappa shape index (κ2) is 5.29. The van der Waals surface area contributed by atoms with Crippen molar-refractivity contribution < 1.29 is 13.9 Å². The molecule has 0 spiro atoms. The lowest BCUT2D eigenvalue weighted by atomic mass is 10.2. The lowest BCUT2D eigenvalue weighted by Crippen LogP contribution is -1.93. The molecule has 3 heteroatoms. The summed E-state index contributed by atoms with van der Waals surface area (Å²) in [7, 11) is 1.65. The van der Waals surface area contributed by atoms with E-state index in [1.54, 1.807) is 7.11 Å². The van der Waals surface area contributed by atoms with Crippen LogP contribution in [0.25, 0.3) is 11.0 Å². The molecule has 3 aromatic rings. The van der Waals surface area contributed by atoms with E-state index in [1.165, 1.54) is 5.56 Å². The fraction of sp³-hybridized carbons (Fsp3) is 0.176. The van der Waals surface area contributed by atoms with Gasteiger partial charge in [0.1, 0.15) is 29.4 Å². The zero-order chi connectivity index (χ0) is 13.9. The third kappa shape index (κ3) is 2.62. The summed E-state index contributed by atoms with van der Waals surface area (Å²) in [5, 5.41) is 1.10. The second-order valence-corrected chi connectivity index (χ2v) is 4.72. The highest BCUT2D eigenvalue weighted by molar-refractivity contribution is 5.78. The number of hydrogen-bond acceptors (Lipinski definition) is 3. The van der Waals surface area contributed by atoms with Gasteiger partial charge in [0.15, 0.2) is 0 Å². The molecular formula is C17H16O3. The molecular weight excluding hydrogens is 252 g/mol. The topological polar surface area (TPSA) is 31.6 Å². The molecule has 0 aliphatic heterocycles. The number of fused-ring (bicyclic) bond motifs is 1. The quantitative estimate of drug-likeness (QED) is 0.705. The average Bonchev–Trinajstić information content (AvgIpc) is 2.87. The molecule has 0 atom stereocenters. The van der Waals surface area contributed by atoms with Crippen LogP contribution in [-0.2, 0) is 6.61 Å². The van der Waals surface area contributed by atoms with E-state index in [0.29, 0.717) is 6.61 Å². The number of aryl methyl sites for hydroxylation is 1. The molecule has 102 valence electrons. The zero-order valence-corrected chi connectivity index (χ0v) is 11.6. The van der Waals surface area contributed by atoms with Crippen molar-refractivity contribution in [1.29, 1.82) is 0 Å². The van der Waals surface area contributed by atoms with Gasteiger partial charge in [-0.25, -0.2) is 0 Å². The molecule has 0 bridgehead atoms. The lowest BCUT2D eigenvalue weighted by Gasteiger charge is -2.05. The Kier molecular flexibility index (Phi) is 3.33. The van der Waals surface area contributed by atoms with Crippen LogP contribution >= 0.6 is 0 Å². The Labute approximate surface area is 117 Å². The average molecular weight is 268 g/mol. The van der Waals surface area contributed by atoms with Crippen molar-refractivity contribution in [3.63, 3.8) is 0 Å². The highest BCUT2D eigenvalue weighted by Crippen LogP contribution is 2.23. The zero-order valence-electron chi connectivity index (χ0n) is 11.6. The summed E-state index contributed by atoms with van der Waals surface area (Å²) in [6.45, 7) is 2.47. The number of hydrogen-bond donors (Lipinski definition) is 0. The van der Waals surface area contributed by atoms with Gasteiger partial charge in [-0.2, -0.15) is 0 Å². The van der Waals surface area contributed by atoms with Crippen molar-refractivity contribution in [1.82, 2.24) is 0 Å². The van der Waals surface area contributed by atoms with Crippen molar-refractivity contribution in [3.8, 4) is 11.5 Å². The van der Waals surface area contributed by atoms with Gasteiger partial charge in [0.25, 0.3) is 0 Å². The molecule has 0 radical (unpaired) electrons. The van der Waals surface area contributed by atoms with Crippen LogP contribution in [0.2, 0.25) is 0 Å². The van der Waals surface area contributed by atoms with Crippen LogP contribution in [0.3, 0.4) is 0 Å². The maximum absolute atomic E-state index is 5.77. The Morgan fingerprint density at radius 2 is 1.70 bits per heavy atom. The predicted molar refractivity (Wildman–Crippen MR) is 78.3 cm³/mol. The third-order valence-corrected chi connectivity index (χ3v) is 3.17. The minimum Gasteiger partial charge on any atom is -0.497 e. The van der Waals surface area contributed by atoms with Crippen molar-refractivity contribution in [2.45, 2.75) is 13.5 Å². The van der Waals surface area contributed by atoms with E-state index < -0.39 is 0 Å². The lowest BCUT2D eigenvalue weighted by molar-refractivity contribution is 0.274. The normalized spacial score (nSPS) is 10.7. The van der Waals surface area contributed by atoms with E-state index in [0.717, 1.165) is 28.2 Å². The summed E-state index contributed by atoms with van der Waals surface area (Å²) >= 11 is 0. The molecule has 1 heterocycles. The van der Waals surface area contributed by atoms with Gasteiger partial charge in [-0.05, 0) is 48.9 Å². The van der Waals surface area contributed by atoms with Gasteiger partial charge in [0, 0.05) is 5.39 Å². The first kappa shape index (κ1) is 12.6. The summed E-state index contributed by atoms with van der Waals surface area (Å²) < 4.78 is 16.6. The highest BCUT2D eigenvalue weighted by atomic mass is 16.5. The second-order valence-electron chi connectivity index (χ2n) is 4.72. The van der Waals surface area contributed by atoms with Crippen molar-refractivity contribution >= 4 is 11.0 Å². The van der Waals surface area contributed by atoms with Gasteiger partial charge >= 0.3 is 0 Å². The Balaban J connectivity index is 1.72. The fourth-order valence-corrected chi connectivity index (χ4v) is 2.09. The van der Waals surface area contributed by atoms with Gasteiger partial charge in [0.2, 0.25) is 0 Å². The van der Waals surface area contributed by atoms with Gasteiger partial charge in [0.05, 0.1) is 7.11 Å². The van der Waals surface area contributed by atoms with Gasteiger partial charge < -0.3 is 13.9 Å². The molecule has 3 nitrogen and oxygen atoms in total. The summed E-state index contributed by atoms with van der Waals surface area (Å²) in [5.41, 5.74) is 2.09. The van der Waals surface area contributed by atoms with Gasteiger partial charge in [-0.3, -0.25) is 0 Å². The molecule has 0 aliphatic carbocycles. The van der Waals surface area contributed by atoms with E-state index in [1.807, 2.05) is 36.4 Å². The minimum absolute atomic E-state index is 0.417. The summed E-state index contributed by atoms with van der Waals surface area (Å²) in [4.78, 5) is 0. The smallest absolute Gasteiger partial charge is 0.146 e. The standard InChI is InChI=1S/C17H16O3/c1-12-3-4-13-10-16(20-17(13)9-12)11-19-15-7-5-14(18-2)6-8-15/h3-10H,11H2,1-2H3. The van der Waals surface area contributed by atoms with E-state index in [9.17, 15) is 0 Å². The van der Waals surface area contributed by atoms with Crippen LogP contribution in [0.5, 0.6) is 11.5 Å². The molecule has 1 aromatic heterocycles. The largest absolute Gasteiger partial charge is 0.497 e. The Hall–Kier alpha value is -2.42. The first-order valence-corrected chi connectivity index (χ1v) is 6.50. The summed E-state index contributed by atoms with van der Waals surface area (Å²) in [6, 6.07) is 15.7. The van der Waals surface area contributed by atoms with Crippen molar-refractivity contribution in [3.05, 3.63) is 59.9 Å². The van der Waals surface area contributed by atoms with Crippen LogP contribution in [0.15, 0.2) is 52.9 Å². The molecule has 2 aromatic carbocycles. The van der Waals surface area contributed by atoms with E-state index in [-0.39, 0.29) is 0 Å². The van der Waals surface area contributed by atoms with E-state index in [2.05, 4.69) is 19.1 Å². The Morgan fingerprint density at radius 3 is 2.45 bits per heavy atom. The molecule has 0 amide bonds. The molecule has 0 unspecified atom stereocenters. The maximum Gasteiger partial charge on any atom is 0.146 e. The SMILES string of the molecule is COc1ccc(OCc2cc3ccc(C)cc3o2)cc1. The number of furan rings is 1. The molecule has 0 N–H and O–H groups in total. The van der Waals surface area contributed by atoms with Gasteiger partial charge in [-0.1, -0.05) is 12.1 Å². The molecule has 20 heavy (non-hydrogen) atoms. The molecule has 0 saturated heterocycles. The van der Waals surface area contributed by atoms with Crippen LogP contribution in [0.1, 0.15) is 11.3 Å². The molecule has 0 fully saturated rings. The molecule has 3 rings (SSSR count). The monoisotopic (exact) mass is 268 g/mol. The predicted octanol–water partition coefficient (Wildman–Crippen LogP) is 4.33. The van der Waals surface area contributed by atoms with E-state index in [4.69, 9.17) is 13.9 Å². The first-order chi connectivity index (χ1) is 9.74. The highest BCUT2D eigenvalue weighted by Gasteiger charge is 2.05. The minimum atomic E-state index is 0.417. The summed E-state index contributed by atoms with van der Waals surface area (Å²) in [5.74, 6) is 2.43. The maximum atomic E-state index is 5.77. The fourth-order valence-electron chi connectivity index (χ4n) is 2.09. The van der Waals surface area contributed by atoms with Crippen LogP contribution in [0, 0.1) is 6.92 Å². The Morgan fingerprint density at radius 1 is 0.950 bits per heavy atom. The third-order valence-electron chi connectivity index (χ3n) is 3.17. The van der Waals surface area contributed by atoms with Crippen LogP contribution in [0.4, 0.5) is 0 Å². The first-order valence-electron chi connectivity index (χ1n) is 6.50. The number of rotatable bonds is 4. The summed E-state index contributed by atoms with van der Waals surface area (Å²) in [6.07, 6.45) is 0. The van der Waals surface area contributed by atoms with Crippen LogP contribution < -0.4 is 9.47 Å². The number of benzene rings is 2. The number of ether oxygens (including phenoxy) is 2. The van der Waals surface area contributed by atoms with Crippen molar-refractivity contribution in [2.75, 3.05) is 7.11 Å². The van der Waals surface area contributed by atoms with Crippen LogP contribution in [-0.4, -0.2) is 7.11 Å². The molecule has 0 saturated carbocycles. The number of methoxy groups -OCH3 is 1. The van der Waals surface area contributed by atoms with Gasteiger partial charge in [-0.15, -0.1) is 0 Å². The molecule has 0 aliphatic rings. The van der Waals surface area contributed by atoms with Crippen molar-refractivity contribution in [2.24, 2.45) is 0 Å².